The van der Waals surface area contributed by atoms with Crippen LogP contribution >= 0.6 is 0 Å². The highest BCUT2D eigenvalue weighted by Gasteiger charge is 1.85. The van der Waals surface area contributed by atoms with Crippen molar-refractivity contribution >= 4 is 0 Å². The molecule has 0 amide bonds. The maximum atomic E-state index is 5.17. The molecular formula is C7H15O2. The van der Waals surface area contributed by atoms with Crippen LogP contribution < -0.4 is 0 Å². The van der Waals surface area contributed by atoms with Gasteiger partial charge in [-0.15, -0.1) is 0 Å². The van der Waals surface area contributed by atoms with E-state index in [1.54, 1.807) is 13.7 Å². The van der Waals surface area contributed by atoms with E-state index in [0.717, 1.165) is 26.1 Å². The standard InChI is InChI=1S/C7H15O2/c1-3-5-9-7-4-6-8-2/h6H,3-5,7H2,1-2H3. The monoisotopic (exact) mass is 131 g/mol. The Balaban J connectivity index is 2.60. The zero-order valence-corrected chi connectivity index (χ0v) is 6.22. The summed E-state index contributed by atoms with van der Waals surface area (Å²) in [6.45, 7) is 5.48. The number of rotatable bonds is 6. The first-order chi connectivity index (χ1) is 4.41. The van der Waals surface area contributed by atoms with Gasteiger partial charge in [-0.05, 0) is 12.8 Å². The summed E-state index contributed by atoms with van der Waals surface area (Å²) >= 11 is 0. The molecule has 0 fully saturated rings. The quantitative estimate of drug-likeness (QED) is 0.510. The van der Waals surface area contributed by atoms with Crippen LogP contribution in [0.4, 0.5) is 0 Å². The second-order valence-corrected chi connectivity index (χ2v) is 1.80. The van der Waals surface area contributed by atoms with Gasteiger partial charge in [0.25, 0.3) is 0 Å². The zero-order valence-electron chi connectivity index (χ0n) is 6.22. The third-order valence-electron chi connectivity index (χ3n) is 0.895. The van der Waals surface area contributed by atoms with Crippen molar-refractivity contribution in [1.82, 2.24) is 0 Å². The van der Waals surface area contributed by atoms with Gasteiger partial charge in [-0.2, -0.15) is 0 Å². The lowest BCUT2D eigenvalue weighted by molar-refractivity contribution is 0.122. The van der Waals surface area contributed by atoms with E-state index in [0.29, 0.717) is 0 Å². The Kier molecular flexibility index (Phi) is 7.85. The summed E-state index contributed by atoms with van der Waals surface area (Å²) in [5.74, 6) is 0. The van der Waals surface area contributed by atoms with E-state index < -0.39 is 0 Å². The van der Waals surface area contributed by atoms with Crippen molar-refractivity contribution in [2.24, 2.45) is 0 Å². The van der Waals surface area contributed by atoms with Gasteiger partial charge in [0.2, 0.25) is 0 Å². The maximum absolute atomic E-state index is 5.17. The van der Waals surface area contributed by atoms with Crippen LogP contribution in [0, 0.1) is 6.61 Å². The highest BCUT2D eigenvalue weighted by atomic mass is 16.5. The Bertz CT molecular complexity index is 40.2. The lowest BCUT2D eigenvalue weighted by Crippen LogP contribution is -1.95. The smallest absolute Gasteiger partial charge is 0.0855 e. The van der Waals surface area contributed by atoms with Gasteiger partial charge in [0, 0.05) is 20.3 Å². The Morgan fingerprint density at radius 2 is 2.11 bits per heavy atom. The van der Waals surface area contributed by atoms with Crippen molar-refractivity contribution in [3.05, 3.63) is 6.61 Å². The molecule has 0 N–H and O–H groups in total. The first-order valence-corrected chi connectivity index (χ1v) is 3.34. The lowest BCUT2D eigenvalue weighted by atomic mass is 10.5. The van der Waals surface area contributed by atoms with Gasteiger partial charge in [-0.3, -0.25) is 0 Å². The van der Waals surface area contributed by atoms with Gasteiger partial charge in [0.1, 0.15) is 0 Å². The molecule has 0 atom stereocenters. The topological polar surface area (TPSA) is 18.5 Å². The first kappa shape index (κ1) is 8.92. The minimum absolute atomic E-state index is 0.779. The first-order valence-electron chi connectivity index (χ1n) is 3.34. The predicted molar refractivity (Wildman–Crippen MR) is 37.0 cm³/mol. The fourth-order valence-electron chi connectivity index (χ4n) is 0.496. The van der Waals surface area contributed by atoms with E-state index in [1.807, 2.05) is 0 Å². The minimum Gasteiger partial charge on any atom is -0.381 e. The van der Waals surface area contributed by atoms with Gasteiger partial charge in [0.15, 0.2) is 0 Å². The van der Waals surface area contributed by atoms with Crippen LogP contribution in [0.25, 0.3) is 0 Å². The summed E-state index contributed by atoms with van der Waals surface area (Å²) in [6.07, 6.45) is 1.98. The van der Waals surface area contributed by atoms with E-state index >= 15 is 0 Å². The Labute approximate surface area is 57.2 Å². The molecule has 0 aromatic heterocycles. The molecule has 0 saturated carbocycles. The molecule has 0 rings (SSSR count). The molecule has 2 nitrogen and oxygen atoms in total. The van der Waals surface area contributed by atoms with Crippen molar-refractivity contribution in [2.45, 2.75) is 19.8 Å². The summed E-state index contributed by atoms with van der Waals surface area (Å²) < 4.78 is 9.89. The lowest BCUT2D eigenvalue weighted by Gasteiger charge is -1.99. The fraction of sp³-hybridized carbons (Fsp3) is 0.857. The van der Waals surface area contributed by atoms with Gasteiger partial charge >= 0.3 is 0 Å². The van der Waals surface area contributed by atoms with Crippen molar-refractivity contribution in [1.29, 1.82) is 0 Å². The van der Waals surface area contributed by atoms with Crippen molar-refractivity contribution in [3.63, 3.8) is 0 Å². The van der Waals surface area contributed by atoms with Gasteiger partial charge in [0.05, 0.1) is 6.61 Å². The van der Waals surface area contributed by atoms with Gasteiger partial charge < -0.3 is 9.47 Å². The van der Waals surface area contributed by atoms with Crippen LogP contribution in [-0.4, -0.2) is 20.3 Å². The van der Waals surface area contributed by atoms with E-state index in [2.05, 4.69) is 6.92 Å². The van der Waals surface area contributed by atoms with Crippen LogP contribution in [-0.2, 0) is 9.47 Å². The third-order valence-corrected chi connectivity index (χ3v) is 0.895. The summed E-state index contributed by atoms with van der Waals surface area (Å²) in [4.78, 5) is 0. The molecule has 0 unspecified atom stereocenters. The summed E-state index contributed by atoms with van der Waals surface area (Å²) in [7, 11) is 1.65. The molecule has 0 aromatic carbocycles. The van der Waals surface area contributed by atoms with Crippen molar-refractivity contribution in [3.8, 4) is 0 Å². The molecule has 2 heteroatoms. The van der Waals surface area contributed by atoms with E-state index in [9.17, 15) is 0 Å². The number of hydrogen-bond donors (Lipinski definition) is 0. The molecule has 0 heterocycles. The van der Waals surface area contributed by atoms with Crippen LogP contribution in [0.15, 0.2) is 0 Å². The average molecular weight is 131 g/mol. The van der Waals surface area contributed by atoms with E-state index in [1.165, 1.54) is 0 Å². The Hall–Kier alpha value is -0.0800. The van der Waals surface area contributed by atoms with Crippen molar-refractivity contribution < 1.29 is 9.47 Å². The van der Waals surface area contributed by atoms with Crippen LogP contribution in [0.1, 0.15) is 19.8 Å². The van der Waals surface area contributed by atoms with Crippen LogP contribution in [0.2, 0.25) is 0 Å². The highest BCUT2D eigenvalue weighted by Crippen LogP contribution is 1.88. The Morgan fingerprint density at radius 1 is 1.33 bits per heavy atom. The SMILES string of the molecule is CCCOCC[CH]OC. The second kappa shape index (κ2) is 7.92. The number of methoxy groups -OCH3 is 1. The van der Waals surface area contributed by atoms with Crippen LogP contribution in [0.3, 0.4) is 0 Å². The average Bonchev–Trinajstić information content (AvgIpc) is 1.89. The highest BCUT2D eigenvalue weighted by molar-refractivity contribution is 4.46. The fourth-order valence-corrected chi connectivity index (χ4v) is 0.496. The third kappa shape index (κ3) is 7.92. The molecule has 1 radical (unpaired) electrons. The normalized spacial score (nSPS) is 10.0. The van der Waals surface area contributed by atoms with E-state index in [4.69, 9.17) is 9.47 Å². The maximum Gasteiger partial charge on any atom is 0.0855 e. The molecule has 0 spiro atoms. The van der Waals surface area contributed by atoms with Crippen molar-refractivity contribution in [2.75, 3.05) is 20.3 Å². The Morgan fingerprint density at radius 3 is 2.67 bits per heavy atom. The number of ether oxygens (including phenoxy) is 2. The van der Waals surface area contributed by atoms with Gasteiger partial charge in [-0.25, -0.2) is 0 Å². The molecule has 0 bridgehead atoms. The van der Waals surface area contributed by atoms with Crippen LogP contribution in [0.5, 0.6) is 0 Å². The summed E-state index contributed by atoms with van der Waals surface area (Å²) in [5, 5.41) is 0. The summed E-state index contributed by atoms with van der Waals surface area (Å²) in [6, 6.07) is 0. The van der Waals surface area contributed by atoms with Gasteiger partial charge in [-0.1, -0.05) is 6.92 Å². The molecule has 55 valence electrons. The molecule has 0 aliphatic rings. The largest absolute Gasteiger partial charge is 0.381 e. The molecule has 9 heavy (non-hydrogen) atoms. The predicted octanol–water partition coefficient (Wildman–Crippen LogP) is 1.61. The minimum atomic E-state index is 0.779. The van der Waals surface area contributed by atoms with E-state index in [-0.39, 0.29) is 0 Å². The molecule has 0 aromatic rings. The zero-order chi connectivity index (χ0) is 6.95. The second-order valence-electron chi connectivity index (χ2n) is 1.80. The molecule has 0 aliphatic heterocycles. The molecule has 0 saturated heterocycles. The molecular weight excluding hydrogens is 116 g/mol. The summed E-state index contributed by atoms with van der Waals surface area (Å²) in [5.41, 5.74) is 0. The number of hydrogen-bond acceptors (Lipinski definition) is 2. The molecule has 0 aliphatic carbocycles.